The zero-order valence-electron chi connectivity index (χ0n) is 10.8. The van der Waals surface area contributed by atoms with E-state index in [0.717, 1.165) is 37.2 Å². The molecule has 2 rings (SSSR count). The third-order valence-corrected chi connectivity index (χ3v) is 3.82. The lowest BCUT2D eigenvalue weighted by Crippen LogP contribution is -2.46. The maximum atomic E-state index is 12.3. The summed E-state index contributed by atoms with van der Waals surface area (Å²) in [5.74, 6) is 0.0834. The molecule has 3 nitrogen and oxygen atoms in total. The zero-order valence-corrected chi connectivity index (χ0v) is 11.6. The van der Waals surface area contributed by atoms with Crippen LogP contribution in [0.4, 0.5) is 5.69 Å². The molecule has 1 saturated heterocycles. The van der Waals surface area contributed by atoms with Gasteiger partial charge < -0.3 is 10.6 Å². The van der Waals surface area contributed by atoms with Gasteiger partial charge in [-0.05, 0) is 57.0 Å². The maximum Gasteiger partial charge on any atom is 0.231 e. The summed E-state index contributed by atoms with van der Waals surface area (Å²) in [5, 5.41) is 6.98. The van der Waals surface area contributed by atoms with E-state index in [1.54, 1.807) is 6.07 Å². The Bertz CT molecular complexity index is 453. The lowest BCUT2D eigenvalue weighted by Gasteiger charge is -2.32. The van der Waals surface area contributed by atoms with E-state index in [-0.39, 0.29) is 11.3 Å². The number of piperidine rings is 1. The topological polar surface area (TPSA) is 41.1 Å². The van der Waals surface area contributed by atoms with Crippen LogP contribution < -0.4 is 10.6 Å². The van der Waals surface area contributed by atoms with Gasteiger partial charge in [0, 0.05) is 17.3 Å². The third-order valence-electron chi connectivity index (χ3n) is 3.58. The number of carbonyl (C=O) groups excluding carboxylic acids is 1. The molecule has 0 aromatic heterocycles. The second-order valence-corrected chi connectivity index (χ2v) is 5.69. The Labute approximate surface area is 113 Å². The summed E-state index contributed by atoms with van der Waals surface area (Å²) in [6.07, 6.45) is 1.97. The smallest absolute Gasteiger partial charge is 0.231 e. The number of rotatable bonds is 2. The van der Waals surface area contributed by atoms with Crippen molar-refractivity contribution in [1.82, 2.24) is 5.32 Å². The Kier molecular flexibility index (Phi) is 3.93. The molecule has 1 amide bonds. The number of hydrogen-bond acceptors (Lipinski definition) is 2. The van der Waals surface area contributed by atoms with Gasteiger partial charge in [-0.2, -0.15) is 0 Å². The Hall–Kier alpha value is -1.06. The molecule has 1 fully saturated rings. The minimum atomic E-state index is -0.315. The molecule has 1 aliphatic heterocycles. The quantitative estimate of drug-likeness (QED) is 0.864. The second-order valence-electron chi connectivity index (χ2n) is 5.25. The summed E-state index contributed by atoms with van der Waals surface area (Å²) >= 11 is 5.91. The molecule has 4 heteroatoms. The Balaban J connectivity index is 2.11. The summed E-state index contributed by atoms with van der Waals surface area (Å²) in [6, 6.07) is 5.51. The molecule has 0 saturated carbocycles. The summed E-state index contributed by atoms with van der Waals surface area (Å²) in [4.78, 5) is 12.3. The van der Waals surface area contributed by atoms with Crippen LogP contribution in [0.1, 0.15) is 25.3 Å². The van der Waals surface area contributed by atoms with Crippen molar-refractivity contribution < 1.29 is 4.79 Å². The van der Waals surface area contributed by atoms with Crippen LogP contribution in [-0.2, 0) is 4.79 Å². The van der Waals surface area contributed by atoms with Gasteiger partial charge in [0.05, 0.1) is 5.41 Å². The van der Waals surface area contributed by atoms with E-state index in [1.165, 1.54) is 0 Å². The van der Waals surface area contributed by atoms with Gasteiger partial charge in [-0.15, -0.1) is 0 Å². The van der Waals surface area contributed by atoms with E-state index >= 15 is 0 Å². The van der Waals surface area contributed by atoms with Crippen LogP contribution in [0, 0.1) is 12.3 Å². The molecule has 1 aromatic carbocycles. The molecular weight excluding hydrogens is 248 g/mol. The summed E-state index contributed by atoms with van der Waals surface area (Å²) < 4.78 is 0. The average Bonchev–Trinajstić information content (AvgIpc) is 2.33. The highest BCUT2D eigenvalue weighted by atomic mass is 35.5. The first-order chi connectivity index (χ1) is 8.51. The lowest BCUT2D eigenvalue weighted by molar-refractivity contribution is -0.125. The molecule has 1 heterocycles. The fourth-order valence-corrected chi connectivity index (χ4v) is 2.52. The highest BCUT2D eigenvalue weighted by Gasteiger charge is 2.34. The van der Waals surface area contributed by atoms with Crippen LogP contribution in [0.5, 0.6) is 0 Å². The molecule has 18 heavy (non-hydrogen) atoms. The fourth-order valence-electron chi connectivity index (χ4n) is 2.29. The molecule has 0 spiro atoms. The lowest BCUT2D eigenvalue weighted by atomic mass is 9.82. The monoisotopic (exact) mass is 266 g/mol. The molecule has 0 aliphatic carbocycles. The summed E-state index contributed by atoms with van der Waals surface area (Å²) in [6.45, 7) is 5.71. The minimum absolute atomic E-state index is 0.0834. The van der Waals surface area contributed by atoms with Gasteiger partial charge in [0.15, 0.2) is 0 Å². The Morgan fingerprint density at radius 3 is 2.89 bits per heavy atom. The predicted octanol–water partition coefficient (Wildman–Crippen LogP) is 2.98. The van der Waals surface area contributed by atoms with Gasteiger partial charge in [-0.3, -0.25) is 4.79 Å². The largest absolute Gasteiger partial charge is 0.325 e. The maximum absolute atomic E-state index is 12.3. The number of hydrogen-bond donors (Lipinski definition) is 2. The minimum Gasteiger partial charge on any atom is -0.325 e. The van der Waals surface area contributed by atoms with Crippen molar-refractivity contribution in [2.45, 2.75) is 26.7 Å². The predicted molar refractivity (Wildman–Crippen MR) is 75.0 cm³/mol. The van der Waals surface area contributed by atoms with Crippen molar-refractivity contribution in [3.63, 3.8) is 0 Å². The van der Waals surface area contributed by atoms with Crippen LogP contribution in [-0.4, -0.2) is 19.0 Å². The molecule has 0 bridgehead atoms. The molecule has 1 aromatic rings. The van der Waals surface area contributed by atoms with Crippen LogP contribution in [0.15, 0.2) is 18.2 Å². The van der Waals surface area contributed by atoms with E-state index in [4.69, 9.17) is 11.6 Å². The average molecular weight is 267 g/mol. The first-order valence-electron chi connectivity index (χ1n) is 6.30. The zero-order chi connectivity index (χ0) is 13.2. The third kappa shape index (κ3) is 2.85. The van der Waals surface area contributed by atoms with Crippen molar-refractivity contribution >= 4 is 23.2 Å². The number of amides is 1. The molecule has 1 aliphatic rings. The number of anilines is 1. The number of carbonyl (C=O) groups is 1. The first-order valence-corrected chi connectivity index (χ1v) is 6.67. The van der Waals surface area contributed by atoms with Crippen molar-refractivity contribution in [2.75, 3.05) is 18.4 Å². The van der Waals surface area contributed by atoms with E-state index in [0.29, 0.717) is 5.02 Å². The van der Waals surface area contributed by atoms with E-state index < -0.39 is 0 Å². The van der Waals surface area contributed by atoms with Gasteiger partial charge in [-0.1, -0.05) is 11.6 Å². The van der Waals surface area contributed by atoms with Gasteiger partial charge >= 0.3 is 0 Å². The van der Waals surface area contributed by atoms with Gasteiger partial charge in [-0.25, -0.2) is 0 Å². The molecule has 1 unspecified atom stereocenters. The van der Waals surface area contributed by atoms with Crippen molar-refractivity contribution in [3.05, 3.63) is 28.8 Å². The van der Waals surface area contributed by atoms with Crippen molar-refractivity contribution in [2.24, 2.45) is 5.41 Å². The Morgan fingerprint density at radius 1 is 1.50 bits per heavy atom. The van der Waals surface area contributed by atoms with Crippen LogP contribution in [0.25, 0.3) is 0 Å². The Morgan fingerprint density at radius 2 is 2.28 bits per heavy atom. The fraction of sp³-hybridized carbons (Fsp3) is 0.500. The summed E-state index contributed by atoms with van der Waals surface area (Å²) in [5.41, 5.74) is 1.52. The van der Waals surface area contributed by atoms with E-state index in [2.05, 4.69) is 10.6 Å². The van der Waals surface area contributed by atoms with Crippen molar-refractivity contribution in [3.8, 4) is 0 Å². The summed E-state index contributed by atoms with van der Waals surface area (Å²) in [7, 11) is 0. The van der Waals surface area contributed by atoms with E-state index in [9.17, 15) is 4.79 Å². The molecule has 0 radical (unpaired) electrons. The van der Waals surface area contributed by atoms with Crippen molar-refractivity contribution in [1.29, 1.82) is 0 Å². The second kappa shape index (κ2) is 5.29. The number of halogens is 1. The first kappa shape index (κ1) is 13.4. The van der Waals surface area contributed by atoms with E-state index in [1.807, 2.05) is 26.0 Å². The van der Waals surface area contributed by atoms with Gasteiger partial charge in [0.1, 0.15) is 0 Å². The highest BCUT2D eigenvalue weighted by molar-refractivity contribution is 6.30. The highest BCUT2D eigenvalue weighted by Crippen LogP contribution is 2.28. The normalized spacial score (nSPS) is 23.7. The molecule has 1 atom stereocenters. The number of aryl methyl sites for hydroxylation is 1. The van der Waals surface area contributed by atoms with Crippen LogP contribution in [0.2, 0.25) is 5.02 Å². The standard InChI is InChI=1S/C14H19ClN2O/c1-10-8-11(15)4-5-12(10)17-13(18)14(2)6-3-7-16-9-14/h4-5,8,16H,3,6-7,9H2,1-2H3,(H,17,18). The molecular formula is C14H19ClN2O. The van der Waals surface area contributed by atoms with Gasteiger partial charge in [0.2, 0.25) is 5.91 Å². The number of nitrogens with one attached hydrogen (secondary N) is 2. The number of benzene rings is 1. The SMILES string of the molecule is Cc1cc(Cl)ccc1NC(=O)C1(C)CCCNC1. The van der Waals surface area contributed by atoms with Gasteiger partial charge in [0.25, 0.3) is 0 Å². The molecule has 2 N–H and O–H groups in total. The van der Waals surface area contributed by atoms with Crippen LogP contribution in [0.3, 0.4) is 0 Å². The molecule has 98 valence electrons. The van der Waals surface area contributed by atoms with Crippen LogP contribution >= 0.6 is 11.6 Å².